The van der Waals surface area contributed by atoms with E-state index in [1.54, 1.807) is 0 Å². The smallest absolute Gasteiger partial charge is 0.237 e. The van der Waals surface area contributed by atoms with Crippen LogP contribution in [0, 0.1) is 18.6 Å². The predicted octanol–water partition coefficient (Wildman–Crippen LogP) is 4.18. The number of aromatic nitrogens is 7. The monoisotopic (exact) mass is 448 g/mol. The first-order valence-electron chi connectivity index (χ1n) is 15.2. The Kier molecular flexibility index (Phi) is 2.51. The zero-order valence-corrected chi connectivity index (χ0v) is 16.4. The molecule has 0 amide bonds. The van der Waals surface area contributed by atoms with Gasteiger partial charge in [-0.2, -0.15) is 4.98 Å². The largest absolute Gasteiger partial charge is 0.342 e. The molecular formula is C22H22F2N8. The van der Waals surface area contributed by atoms with Crippen LogP contribution in [-0.4, -0.2) is 40.3 Å². The highest BCUT2D eigenvalue weighted by molar-refractivity contribution is 5.64. The highest BCUT2D eigenvalue weighted by Crippen LogP contribution is 2.40. The van der Waals surface area contributed by atoms with Crippen LogP contribution in [0.1, 0.15) is 61.1 Å². The molecule has 0 saturated carbocycles. The average molecular weight is 449 g/mol. The summed E-state index contributed by atoms with van der Waals surface area (Å²) in [6, 6.07) is -3.12. The van der Waals surface area contributed by atoms with Gasteiger partial charge in [0.15, 0.2) is 23.3 Å². The quantitative estimate of drug-likeness (QED) is 0.466. The third-order valence-corrected chi connectivity index (χ3v) is 4.97. The Labute approximate surface area is 200 Å². The summed E-state index contributed by atoms with van der Waals surface area (Å²) in [5, 5.41) is 7.76. The van der Waals surface area contributed by atoms with E-state index in [-0.39, 0.29) is 33.7 Å². The van der Waals surface area contributed by atoms with E-state index < -0.39 is 62.3 Å². The van der Waals surface area contributed by atoms with Crippen LogP contribution in [0.15, 0.2) is 36.8 Å². The summed E-state index contributed by atoms with van der Waals surface area (Å²) in [7, 11) is 0. The molecule has 1 unspecified atom stereocenters. The Balaban J connectivity index is 1.87. The number of nitrogens with zero attached hydrogens (tertiary/aromatic N) is 8. The number of anilines is 1. The number of fused-ring (bicyclic) bond motifs is 3. The van der Waals surface area contributed by atoms with E-state index in [9.17, 15) is 8.78 Å². The minimum absolute atomic E-state index is 0.0227. The molecule has 0 spiro atoms. The molecule has 10 heteroatoms. The molecule has 0 fully saturated rings. The number of imidazole rings is 1. The van der Waals surface area contributed by atoms with Crippen molar-refractivity contribution in [2.45, 2.75) is 45.9 Å². The fraction of sp³-hybridized carbons (Fsp3) is 0.318. The standard InChI is InChI=1S/C22H22F2N8/c1-5-17-21-29-28-13(4)32(21)18-11-26-22(27-20(18)31(17)12(2)3)30-9-8-25-19(30)14-6-7-15(23)16(24)10-14/h6-12,17H,5H2,1-4H3/i1D3,2D3,3D3,5D2,12D. The zero-order chi connectivity index (χ0) is 32.8. The van der Waals surface area contributed by atoms with Crippen LogP contribution >= 0.6 is 0 Å². The van der Waals surface area contributed by atoms with Crippen molar-refractivity contribution in [3.8, 4) is 23.0 Å². The summed E-state index contributed by atoms with van der Waals surface area (Å²) in [4.78, 5) is 13.0. The molecule has 0 radical (unpaired) electrons. The van der Waals surface area contributed by atoms with E-state index in [0.29, 0.717) is 0 Å². The van der Waals surface area contributed by atoms with Crippen molar-refractivity contribution < 1.29 is 25.2 Å². The molecule has 4 aromatic rings. The second-order valence-electron chi connectivity index (χ2n) is 6.83. The fourth-order valence-electron chi connectivity index (χ4n) is 3.58. The Morgan fingerprint density at radius 1 is 1.22 bits per heavy atom. The molecule has 0 aliphatic carbocycles. The van der Waals surface area contributed by atoms with Gasteiger partial charge in [0, 0.05) is 39.1 Å². The van der Waals surface area contributed by atoms with Crippen molar-refractivity contribution in [3.05, 3.63) is 60.1 Å². The summed E-state index contributed by atoms with van der Waals surface area (Å²) < 4.78 is 129. The highest BCUT2D eigenvalue weighted by atomic mass is 19.2. The van der Waals surface area contributed by atoms with Gasteiger partial charge in [0.25, 0.3) is 0 Å². The molecule has 32 heavy (non-hydrogen) atoms. The van der Waals surface area contributed by atoms with Crippen molar-refractivity contribution in [1.82, 2.24) is 34.3 Å². The Bertz CT molecular complexity index is 1730. The first kappa shape index (κ1) is 10.8. The van der Waals surface area contributed by atoms with Gasteiger partial charge in [0.05, 0.1) is 13.6 Å². The molecule has 1 aliphatic heterocycles. The van der Waals surface area contributed by atoms with Gasteiger partial charge in [-0.05, 0) is 45.2 Å². The first-order chi connectivity index (χ1) is 20.1. The van der Waals surface area contributed by atoms with E-state index in [1.165, 1.54) is 30.0 Å². The van der Waals surface area contributed by atoms with Crippen molar-refractivity contribution >= 4 is 5.82 Å². The molecule has 164 valence electrons. The van der Waals surface area contributed by atoms with Gasteiger partial charge in [0.1, 0.15) is 17.3 Å². The second kappa shape index (κ2) is 7.47. The lowest BCUT2D eigenvalue weighted by atomic mass is 10.1. The molecule has 3 aromatic heterocycles. The Morgan fingerprint density at radius 3 is 2.88 bits per heavy atom. The van der Waals surface area contributed by atoms with E-state index in [0.717, 1.165) is 22.9 Å². The van der Waals surface area contributed by atoms with Crippen LogP contribution in [0.25, 0.3) is 23.0 Å². The van der Waals surface area contributed by atoms with E-state index >= 15 is 0 Å². The topological polar surface area (TPSA) is 77.5 Å². The Hall–Kier alpha value is -3.69. The van der Waals surface area contributed by atoms with Gasteiger partial charge >= 0.3 is 0 Å². The molecule has 1 atom stereocenters. The molecule has 5 rings (SSSR count). The second-order valence-corrected chi connectivity index (χ2v) is 6.83. The van der Waals surface area contributed by atoms with Crippen LogP contribution in [0.4, 0.5) is 14.6 Å². The number of aryl methyl sites for hydroxylation is 1. The third-order valence-electron chi connectivity index (χ3n) is 4.97. The van der Waals surface area contributed by atoms with Gasteiger partial charge < -0.3 is 4.90 Å². The van der Waals surface area contributed by atoms with Gasteiger partial charge in [-0.15, -0.1) is 10.2 Å². The molecule has 0 bridgehead atoms. The minimum atomic E-state index is -3.72. The number of rotatable bonds is 4. The van der Waals surface area contributed by atoms with Crippen molar-refractivity contribution in [2.24, 2.45) is 0 Å². The molecule has 1 aromatic carbocycles. The van der Waals surface area contributed by atoms with Gasteiger partial charge in [-0.25, -0.2) is 18.7 Å². The van der Waals surface area contributed by atoms with E-state index in [1.807, 2.05) is 0 Å². The summed E-state index contributed by atoms with van der Waals surface area (Å²) in [6.45, 7) is -9.51. The van der Waals surface area contributed by atoms with E-state index in [4.69, 9.17) is 16.4 Å². The van der Waals surface area contributed by atoms with Crippen molar-refractivity contribution in [1.29, 1.82) is 0 Å². The van der Waals surface area contributed by atoms with Crippen molar-refractivity contribution in [2.75, 3.05) is 4.90 Å². The third kappa shape index (κ3) is 2.97. The summed E-state index contributed by atoms with van der Waals surface area (Å²) >= 11 is 0. The maximum Gasteiger partial charge on any atom is 0.237 e. The highest BCUT2D eigenvalue weighted by Gasteiger charge is 2.36. The van der Waals surface area contributed by atoms with Crippen LogP contribution in [0.2, 0.25) is 0 Å². The Morgan fingerprint density at radius 2 is 2.09 bits per heavy atom. The maximum atomic E-state index is 14.1. The van der Waals surface area contributed by atoms with Crippen molar-refractivity contribution in [3.63, 3.8) is 0 Å². The molecule has 0 N–H and O–H groups in total. The van der Waals surface area contributed by atoms with Gasteiger partial charge in [-0.1, -0.05) is 6.85 Å². The number of hydrogen-bond acceptors (Lipinski definition) is 6. The fourth-order valence-corrected chi connectivity index (χ4v) is 3.58. The number of benzene rings is 1. The molecule has 1 aliphatic rings. The molecule has 4 heterocycles. The summed E-state index contributed by atoms with van der Waals surface area (Å²) in [5.41, 5.74) is -0.107. The lowest BCUT2D eigenvalue weighted by molar-refractivity contribution is 0.496. The SMILES string of the molecule is [2H]C([2H])([2H])C([2H])([2H])C1c2nnc(C)n2-c2cnc(-n3ccnc3-c3ccc(F)c(F)c3)nc2N1C([2H])(C([2H])([2H])[2H])C([2H])([2H])[2H]. The minimum Gasteiger partial charge on any atom is -0.342 e. The van der Waals surface area contributed by atoms with Gasteiger partial charge in [-0.3, -0.25) is 9.13 Å². The van der Waals surface area contributed by atoms with Crippen LogP contribution in [0.5, 0.6) is 0 Å². The molecule has 0 saturated heterocycles. The predicted molar refractivity (Wildman–Crippen MR) is 115 cm³/mol. The van der Waals surface area contributed by atoms with Crippen LogP contribution in [0.3, 0.4) is 0 Å². The van der Waals surface area contributed by atoms with Gasteiger partial charge in [0.2, 0.25) is 5.95 Å². The van der Waals surface area contributed by atoms with Crippen LogP contribution in [-0.2, 0) is 0 Å². The summed E-state index contributed by atoms with van der Waals surface area (Å²) in [6.07, 6.45) is 0.234. The maximum absolute atomic E-state index is 14.1. The lowest BCUT2D eigenvalue weighted by Crippen LogP contribution is -2.40. The normalized spacial score (nSPS) is 22.7. The summed E-state index contributed by atoms with van der Waals surface area (Å²) in [5.74, 6) is -3.75. The number of hydrogen-bond donors (Lipinski definition) is 0. The molecular weight excluding hydrogens is 414 g/mol. The number of halogens is 2. The average Bonchev–Trinajstić information content (AvgIpc) is 3.54. The molecule has 8 nitrogen and oxygen atoms in total. The van der Waals surface area contributed by atoms with E-state index in [2.05, 4.69) is 25.1 Å². The lowest BCUT2D eigenvalue weighted by Gasteiger charge is -2.39. The zero-order valence-electron chi connectivity index (χ0n) is 28.4. The first-order valence-corrected chi connectivity index (χ1v) is 9.21. The van der Waals surface area contributed by atoms with Crippen LogP contribution < -0.4 is 4.90 Å².